The van der Waals surface area contributed by atoms with Gasteiger partial charge in [0.25, 0.3) is 0 Å². The molecular formula is C20H23N3O2. The van der Waals surface area contributed by atoms with Crippen LogP contribution in [-0.2, 0) is 22.7 Å². The average Bonchev–Trinajstić information content (AvgIpc) is 3.16. The van der Waals surface area contributed by atoms with Crippen molar-refractivity contribution < 1.29 is 9.59 Å². The summed E-state index contributed by atoms with van der Waals surface area (Å²) in [5.41, 5.74) is 2.12. The monoisotopic (exact) mass is 337 g/mol. The fourth-order valence-electron chi connectivity index (χ4n) is 2.97. The summed E-state index contributed by atoms with van der Waals surface area (Å²) in [5.74, 6) is -0.107. The molecule has 2 atom stereocenters. The Morgan fingerprint density at radius 2 is 1.16 bits per heavy atom. The molecule has 1 fully saturated rings. The van der Waals surface area contributed by atoms with E-state index < -0.39 is 0 Å². The van der Waals surface area contributed by atoms with Gasteiger partial charge in [-0.15, -0.1) is 0 Å². The summed E-state index contributed by atoms with van der Waals surface area (Å²) in [7, 11) is 0. The molecule has 2 aromatic rings. The molecule has 5 nitrogen and oxygen atoms in total. The van der Waals surface area contributed by atoms with Gasteiger partial charge in [-0.3, -0.25) is 14.9 Å². The molecule has 3 rings (SSSR count). The van der Waals surface area contributed by atoms with Crippen LogP contribution >= 0.6 is 0 Å². The molecule has 2 amide bonds. The number of benzene rings is 2. The molecule has 0 unspecified atom stereocenters. The third-order valence-corrected chi connectivity index (χ3v) is 4.40. The van der Waals surface area contributed by atoms with Gasteiger partial charge < -0.3 is 10.6 Å². The number of nitrogens with one attached hydrogen (secondary N) is 3. The Morgan fingerprint density at radius 1 is 0.760 bits per heavy atom. The molecule has 5 heteroatoms. The summed E-state index contributed by atoms with van der Waals surface area (Å²) < 4.78 is 0. The van der Waals surface area contributed by atoms with E-state index in [-0.39, 0.29) is 23.9 Å². The van der Waals surface area contributed by atoms with Gasteiger partial charge in [-0.1, -0.05) is 60.7 Å². The molecule has 0 bridgehead atoms. The van der Waals surface area contributed by atoms with Gasteiger partial charge in [-0.2, -0.15) is 0 Å². The van der Waals surface area contributed by atoms with E-state index in [1.165, 1.54) is 0 Å². The number of carbonyl (C=O) groups is 2. The van der Waals surface area contributed by atoms with Crippen molar-refractivity contribution in [3.63, 3.8) is 0 Å². The zero-order valence-corrected chi connectivity index (χ0v) is 14.1. The standard InChI is InChI=1S/C20H23N3O2/c24-19(21-13-15-7-3-1-4-8-15)17-11-12-18(23-17)20(25)22-14-16-9-5-2-6-10-16/h1-10,17-18,23H,11-14H2,(H,21,24)(H,22,25)/t17-,18+. The summed E-state index contributed by atoms with van der Waals surface area (Å²) >= 11 is 0. The molecule has 25 heavy (non-hydrogen) atoms. The molecular weight excluding hydrogens is 314 g/mol. The minimum absolute atomic E-state index is 0.0535. The molecule has 0 aromatic heterocycles. The first-order valence-corrected chi connectivity index (χ1v) is 8.62. The van der Waals surface area contributed by atoms with Crippen molar-refractivity contribution in [3.05, 3.63) is 71.8 Å². The van der Waals surface area contributed by atoms with E-state index in [4.69, 9.17) is 0 Å². The number of carbonyl (C=O) groups excluding carboxylic acids is 2. The Balaban J connectivity index is 1.43. The van der Waals surface area contributed by atoms with Crippen LogP contribution in [0, 0.1) is 0 Å². The van der Waals surface area contributed by atoms with Gasteiger partial charge in [0.1, 0.15) is 0 Å². The maximum Gasteiger partial charge on any atom is 0.237 e. The predicted octanol–water partition coefficient (Wildman–Crippen LogP) is 1.74. The quantitative estimate of drug-likeness (QED) is 0.752. The van der Waals surface area contributed by atoms with Gasteiger partial charge in [-0.05, 0) is 24.0 Å². The molecule has 1 aliphatic heterocycles. The van der Waals surface area contributed by atoms with Crippen LogP contribution in [-0.4, -0.2) is 23.9 Å². The normalized spacial score (nSPS) is 19.4. The molecule has 0 radical (unpaired) electrons. The second-order valence-electron chi connectivity index (χ2n) is 6.26. The minimum atomic E-state index is -0.309. The van der Waals surface area contributed by atoms with Crippen molar-refractivity contribution in [3.8, 4) is 0 Å². The smallest absolute Gasteiger partial charge is 0.237 e. The second-order valence-corrected chi connectivity index (χ2v) is 6.26. The summed E-state index contributed by atoms with van der Waals surface area (Å²) in [4.78, 5) is 24.5. The van der Waals surface area contributed by atoms with E-state index in [0.717, 1.165) is 11.1 Å². The molecule has 0 spiro atoms. The number of hydrogen-bond donors (Lipinski definition) is 3. The first-order valence-electron chi connectivity index (χ1n) is 8.62. The highest BCUT2D eigenvalue weighted by atomic mass is 16.2. The van der Waals surface area contributed by atoms with Gasteiger partial charge in [0.15, 0.2) is 0 Å². The highest BCUT2D eigenvalue weighted by Crippen LogP contribution is 2.13. The van der Waals surface area contributed by atoms with Crippen LogP contribution in [0.1, 0.15) is 24.0 Å². The van der Waals surface area contributed by atoms with E-state index in [9.17, 15) is 9.59 Å². The first kappa shape index (κ1) is 17.2. The van der Waals surface area contributed by atoms with Crippen molar-refractivity contribution in [1.82, 2.24) is 16.0 Å². The Labute approximate surface area is 147 Å². The lowest BCUT2D eigenvalue weighted by Crippen LogP contribution is -2.47. The first-order chi connectivity index (χ1) is 12.2. The van der Waals surface area contributed by atoms with Gasteiger partial charge in [-0.25, -0.2) is 0 Å². The Kier molecular flexibility index (Phi) is 5.80. The van der Waals surface area contributed by atoms with Gasteiger partial charge >= 0.3 is 0 Å². The zero-order chi connectivity index (χ0) is 17.5. The van der Waals surface area contributed by atoms with Crippen LogP contribution in [0.4, 0.5) is 0 Å². The summed E-state index contributed by atoms with van der Waals surface area (Å²) in [5, 5.41) is 8.99. The van der Waals surface area contributed by atoms with Crippen LogP contribution in [0.3, 0.4) is 0 Å². The summed E-state index contributed by atoms with van der Waals surface area (Å²) in [6, 6.07) is 19.0. The van der Waals surface area contributed by atoms with Crippen molar-refractivity contribution in [1.29, 1.82) is 0 Å². The Hall–Kier alpha value is -2.66. The highest BCUT2D eigenvalue weighted by molar-refractivity contribution is 5.86. The largest absolute Gasteiger partial charge is 0.351 e. The van der Waals surface area contributed by atoms with Crippen molar-refractivity contribution in [2.75, 3.05) is 0 Å². The molecule has 1 aliphatic rings. The van der Waals surface area contributed by atoms with Crippen LogP contribution in [0.2, 0.25) is 0 Å². The van der Waals surface area contributed by atoms with E-state index in [0.29, 0.717) is 25.9 Å². The van der Waals surface area contributed by atoms with Crippen molar-refractivity contribution in [2.45, 2.75) is 38.0 Å². The molecule has 0 aliphatic carbocycles. The maximum atomic E-state index is 12.3. The molecule has 1 saturated heterocycles. The molecule has 3 N–H and O–H groups in total. The third kappa shape index (κ3) is 4.90. The lowest BCUT2D eigenvalue weighted by molar-refractivity contribution is -0.124. The number of amides is 2. The number of hydrogen-bond acceptors (Lipinski definition) is 3. The molecule has 2 aromatic carbocycles. The average molecular weight is 337 g/mol. The molecule has 0 saturated carbocycles. The maximum absolute atomic E-state index is 12.3. The summed E-state index contributed by atoms with van der Waals surface area (Å²) in [6.07, 6.45) is 1.34. The molecule has 1 heterocycles. The van der Waals surface area contributed by atoms with E-state index in [2.05, 4.69) is 16.0 Å². The van der Waals surface area contributed by atoms with Crippen molar-refractivity contribution in [2.24, 2.45) is 0 Å². The van der Waals surface area contributed by atoms with Crippen LogP contribution < -0.4 is 16.0 Å². The number of rotatable bonds is 6. The lowest BCUT2D eigenvalue weighted by atomic mass is 10.1. The third-order valence-electron chi connectivity index (χ3n) is 4.40. The Bertz CT molecular complexity index is 642. The van der Waals surface area contributed by atoms with Gasteiger partial charge in [0, 0.05) is 13.1 Å². The van der Waals surface area contributed by atoms with E-state index in [1.54, 1.807) is 0 Å². The van der Waals surface area contributed by atoms with Crippen LogP contribution in [0.15, 0.2) is 60.7 Å². The lowest BCUT2D eigenvalue weighted by Gasteiger charge is -2.15. The minimum Gasteiger partial charge on any atom is -0.351 e. The van der Waals surface area contributed by atoms with Crippen molar-refractivity contribution >= 4 is 11.8 Å². The second kappa shape index (κ2) is 8.44. The fourth-order valence-corrected chi connectivity index (χ4v) is 2.97. The zero-order valence-electron chi connectivity index (χ0n) is 14.1. The highest BCUT2D eigenvalue weighted by Gasteiger charge is 2.32. The van der Waals surface area contributed by atoms with Crippen LogP contribution in [0.25, 0.3) is 0 Å². The predicted molar refractivity (Wildman–Crippen MR) is 96.5 cm³/mol. The van der Waals surface area contributed by atoms with E-state index >= 15 is 0 Å². The van der Waals surface area contributed by atoms with Gasteiger partial charge in [0.05, 0.1) is 12.1 Å². The molecule has 130 valence electrons. The Morgan fingerprint density at radius 3 is 1.56 bits per heavy atom. The fraction of sp³-hybridized carbons (Fsp3) is 0.300. The topological polar surface area (TPSA) is 70.2 Å². The SMILES string of the molecule is O=C(NCc1ccccc1)[C@@H]1CC[C@H](C(=O)NCc2ccccc2)N1. The van der Waals surface area contributed by atoms with E-state index in [1.807, 2.05) is 60.7 Å². The summed E-state index contributed by atoms with van der Waals surface area (Å²) in [6.45, 7) is 1.01. The van der Waals surface area contributed by atoms with Crippen LogP contribution in [0.5, 0.6) is 0 Å². The van der Waals surface area contributed by atoms with Gasteiger partial charge in [0.2, 0.25) is 11.8 Å².